The van der Waals surface area contributed by atoms with Crippen molar-refractivity contribution in [3.63, 3.8) is 0 Å². The number of likely N-dealkylation sites (tertiary alicyclic amines) is 1. The zero-order valence-electron chi connectivity index (χ0n) is 10.4. The van der Waals surface area contributed by atoms with Crippen LogP contribution in [0.25, 0.3) is 0 Å². The summed E-state index contributed by atoms with van der Waals surface area (Å²) in [7, 11) is 0. The summed E-state index contributed by atoms with van der Waals surface area (Å²) in [6, 6.07) is 0.822. The molecule has 2 fully saturated rings. The molecule has 1 saturated heterocycles. The number of aromatic nitrogens is 2. The summed E-state index contributed by atoms with van der Waals surface area (Å²) in [6.07, 6.45) is 6.79. The second-order valence-corrected chi connectivity index (χ2v) is 5.04. The third kappa shape index (κ3) is 2.63. The van der Waals surface area contributed by atoms with Gasteiger partial charge < -0.3 is 14.6 Å². The third-order valence-electron chi connectivity index (χ3n) is 3.41. The van der Waals surface area contributed by atoms with Gasteiger partial charge in [0.25, 0.3) is 0 Å². The van der Waals surface area contributed by atoms with E-state index in [9.17, 15) is 4.79 Å². The van der Waals surface area contributed by atoms with Crippen LogP contribution in [0.1, 0.15) is 49.2 Å². The number of hydrogen-bond acceptors (Lipinski definition) is 5. The molecule has 18 heavy (non-hydrogen) atoms. The van der Waals surface area contributed by atoms with Crippen molar-refractivity contribution in [2.45, 2.75) is 44.6 Å². The van der Waals surface area contributed by atoms with Gasteiger partial charge in [-0.1, -0.05) is 17.9 Å². The average Bonchev–Trinajstić information content (AvgIpc) is 3.12. The molecular weight excluding hydrogens is 232 g/mol. The van der Waals surface area contributed by atoms with Crippen molar-refractivity contribution < 1.29 is 9.21 Å². The summed E-state index contributed by atoms with van der Waals surface area (Å²) in [4.78, 5) is 14.0. The lowest BCUT2D eigenvalue weighted by Gasteiger charge is -2.17. The average molecular weight is 250 g/mol. The van der Waals surface area contributed by atoms with Crippen LogP contribution in [-0.4, -0.2) is 40.1 Å². The molecule has 0 unspecified atom stereocenters. The maximum absolute atomic E-state index is 12.2. The largest absolute Gasteiger partial charge is 0.399 e. The lowest BCUT2D eigenvalue weighted by Crippen LogP contribution is -2.32. The molecule has 1 aromatic heterocycles. The van der Waals surface area contributed by atoms with Crippen LogP contribution >= 0.6 is 0 Å². The minimum Gasteiger partial charge on any atom is -0.399 e. The van der Waals surface area contributed by atoms with Crippen molar-refractivity contribution in [2.75, 3.05) is 18.4 Å². The highest BCUT2D eigenvalue weighted by Crippen LogP contribution is 2.24. The van der Waals surface area contributed by atoms with Gasteiger partial charge in [0, 0.05) is 19.1 Å². The monoisotopic (exact) mass is 250 g/mol. The molecule has 1 saturated carbocycles. The van der Waals surface area contributed by atoms with Gasteiger partial charge in [0.15, 0.2) is 0 Å². The fourth-order valence-electron chi connectivity index (χ4n) is 2.18. The lowest BCUT2D eigenvalue weighted by atomic mass is 10.2. The minimum absolute atomic E-state index is 0.111. The Kier molecular flexibility index (Phi) is 3.17. The number of nitrogens with zero attached hydrogens (tertiary/aromatic N) is 3. The molecule has 2 aliphatic rings. The third-order valence-corrected chi connectivity index (χ3v) is 3.41. The second-order valence-electron chi connectivity index (χ2n) is 5.04. The van der Waals surface area contributed by atoms with Gasteiger partial charge >= 0.3 is 17.8 Å². The van der Waals surface area contributed by atoms with Crippen molar-refractivity contribution in [1.82, 2.24) is 15.1 Å². The summed E-state index contributed by atoms with van der Waals surface area (Å²) in [5.74, 6) is -0.0201. The molecule has 1 N–H and O–H groups in total. The first-order chi connectivity index (χ1) is 8.83. The van der Waals surface area contributed by atoms with Gasteiger partial charge in [-0.2, -0.15) is 0 Å². The molecule has 3 rings (SSSR count). The zero-order chi connectivity index (χ0) is 12.4. The Balaban J connectivity index is 1.64. The summed E-state index contributed by atoms with van der Waals surface area (Å²) in [5.41, 5.74) is 0. The Hall–Kier alpha value is -1.59. The summed E-state index contributed by atoms with van der Waals surface area (Å²) < 4.78 is 5.37. The Labute approximate surface area is 106 Å². The topological polar surface area (TPSA) is 71.3 Å². The van der Waals surface area contributed by atoms with E-state index < -0.39 is 0 Å². The number of amides is 1. The van der Waals surface area contributed by atoms with E-state index in [2.05, 4.69) is 15.5 Å². The molecule has 1 aromatic rings. The standard InChI is InChI=1S/C12H18N4O2/c17-11(16-7-3-1-2-4-8-16)10-14-15-12(18-10)13-9-5-6-9/h9H,1-8H2,(H,13,15). The van der Waals surface area contributed by atoms with E-state index in [1.807, 2.05) is 4.90 Å². The Morgan fingerprint density at radius 1 is 1.17 bits per heavy atom. The van der Waals surface area contributed by atoms with Crippen molar-refractivity contribution in [1.29, 1.82) is 0 Å². The van der Waals surface area contributed by atoms with Gasteiger partial charge in [-0.15, -0.1) is 5.10 Å². The number of nitrogens with one attached hydrogen (secondary N) is 1. The fraction of sp³-hybridized carbons (Fsp3) is 0.750. The zero-order valence-corrected chi connectivity index (χ0v) is 10.4. The van der Waals surface area contributed by atoms with Gasteiger partial charge in [0.2, 0.25) is 0 Å². The van der Waals surface area contributed by atoms with Gasteiger partial charge in [-0.3, -0.25) is 4.79 Å². The molecule has 0 aromatic carbocycles. The predicted molar refractivity (Wildman–Crippen MR) is 65.3 cm³/mol. The van der Waals surface area contributed by atoms with E-state index in [1.54, 1.807) is 0 Å². The summed E-state index contributed by atoms with van der Waals surface area (Å²) in [5, 5.41) is 10.8. The molecule has 6 nitrogen and oxygen atoms in total. The molecule has 1 aliphatic heterocycles. The smallest absolute Gasteiger partial charge is 0.316 e. The van der Waals surface area contributed by atoms with Crippen LogP contribution in [0.4, 0.5) is 6.01 Å². The molecule has 6 heteroatoms. The van der Waals surface area contributed by atoms with Crippen LogP contribution in [0.15, 0.2) is 4.42 Å². The molecule has 0 atom stereocenters. The number of hydrogen-bond donors (Lipinski definition) is 1. The Morgan fingerprint density at radius 3 is 2.56 bits per heavy atom. The van der Waals surface area contributed by atoms with Crippen molar-refractivity contribution in [2.24, 2.45) is 0 Å². The molecule has 0 spiro atoms. The first-order valence-corrected chi connectivity index (χ1v) is 6.72. The van der Waals surface area contributed by atoms with Crippen LogP contribution in [-0.2, 0) is 0 Å². The van der Waals surface area contributed by atoms with Gasteiger partial charge in [0.05, 0.1) is 0 Å². The lowest BCUT2D eigenvalue weighted by molar-refractivity contribution is 0.0722. The molecule has 0 bridgehead atoms. The Morgan fingerprint density at radius 2 is 1.89 bits per heavy atom. The van der Waals surface area contributed by atoms with E-state index >= 15 is 0 Å². The van der Waals surface area contributed by atoms with E-state index in [0.717, 1.165) is 38.8 Å². The number of carbonyl (C=O) groups excluding carboxylic acids is 1. The van der Waals surface area contributed by atoms with Crippen molar-refractivity contribution in [3.8, 4) is 0 Å². The van der Waals surface area contributed by atoms with Crippen LogP contribution in [0.2, 0.25) is 0 Å². The highest BCUT2D eigenvalue weighted by atomic mass is 16.4. The molecule has 98 valence electrons. The predicted octanol–water partition coefficient (Wildman–Crippen LogP) is 1.66. The molecule has 1 aliphatic carbocycles. The Bertz CT molecular complexity index is 419. The van der Waals surface area contributed by atoms with Crippen LogP contribution in [0, 0.1) is 0 Å². The van der Waals surface area contributed by atoms with Crippen LogP contribution < -0.4 is 5.32 Å². The summed E-state index contributed by atoms with van der Waals surface area (Å²) >= 11 is 0. The van der Waals surface area contributed by atoms with Crippen molar-refractivity contribution >= 4 is 11.9 Å². The quantitative estimate of drug-likeness (QED) is 0.883. The molecule has 0 radical (unpaired) electrons. The van der Waals surface area contributed by atoms with Crippen LogP contribution in [0.5, 0.6) is 0 Å². The SMILES string of the molecule is O=C(c1nnc(NC2CC2)o1)N1CCCCCC1. The summed E-state index contributed by atoms with van der Waals surface area (Å²) in [6.45, 7) is 1.60. The van der Waals surface area contributed by atoms with Gasteiger partial charge in [-0.05, 0) is 25.7 Å². The highest BCUT2D eigenvalue weighted by molar-refractivity contribution is 5.89. The number of carbonyl (C=O) groups is 1. The highest BCUT2D eigenvalue weighted by Gasteiger charge is 2.26. The minimum atomic E-state index is -0.131. The van der Waals surface area contributed by atoms with E-state index in [-0.39, 0.29) is 11.8 Å². The maximum Gasteiger partial charge on any atom is 0.316 e. The van der Waals surface area contributed by atoms with Crippen molar-refractivity contribution in [3.05, 3.63) is 5.89 Å². The van der Waals surface area contributed by atoms with E-state index in [1.165, 1.54) is 12.8 Å². The first kappa shape index (κ1) is 11.5. The molecule has 2 heterocycles. The molecule has 1 amide bonds. The first-order valence-electron chi connectivity index (χ1n) is 6.72. The van der Waals surface area contributed by atoms with E-state index in [4.69, 9.17) is 4.42 Å². The van der Waals surface area contributed by atoms with Gasteiger partial charge in [-0.25, -0.2) is 0 Å². The van der Waals surface area contributed by atoms with Crippen LogP contribution in [0.3, 0.4) is 0 Å². The normalized spacial score (nSPS) is 20.6. The number of anilines is 1. The van der Waals surface area contributed by atoms with Gasteiger partial charge in [0.1, 0.15) is 0 Å². The number of rotatable bonds is 3. The second kappa shape index (κ2) is 4.96. The maximum atomic E-state index is 12.2. The van der Waals surface area contributed by atoms with E-state index in [0.29, 0.717) is 12.1 Å². The fourth-order valence-corrected chi connectivity index (χ4v) is 2.18. The molecular formula is C12H18N4O2.